The molecule has 8 nitrogen and oxygen atoms in total. The highest BCUT2D eigenvalue weighted by molar-refractivity contribution is 5.60. The molecule has 112 valence electrons. The number of nitrogens with one attached hydrogen (secondary N) is 2. The maximum Gasteiger partial charge on any atom is 0.311 e. The van der Waals surface area contributed by atoms with Crippen molar-refractivity contribution in [1.82, 2.24) is 14.8 Å². The zero-order chi connectivity index (χ0) is 15.2. The van der Waals surface area contributed by atoms with Gasteiger partial charge in [-0.25, -0.2) is 4.98 Å². The Balaban J connectivity index is 2.17. The van der Waals surface area contributed by atoms with Crippen LogP contribution in [0.2, 0.25) is 0 Å². The summed E-state index contributed by atoms with van der Waals surface area (Å²) in [5.41, 5.74) is 0.872. The Kier molecular flexibility index (Phi) is 4.70. The highest BCUT2D eigenvalue weighted by atomic mass is 16.6. The van der Waals surface area contributed by atoms with Crippen LogP contribution >= 0.6 is 0 Å². The summed E-state index contributed by atoms with van der Waals surface area (Å²) >= 11 is 0. The first-order valence-corrected chi connectivity index (χ1v) is 6.72. The number of aromatic nitrogens is 3. The number of pyridine rings is 1. The second kappa shape index (κ2) is 6.69. The van der Waals surface area contributed by atoms with Gasteiger partial charge < -0.3 is 10.6 Å². The lowest BCUT2D eigenvalue weighted by Gasteiger charge is -2.09. The summed E-state index contributed by atoms with van der Waals surface area (Å²) in [4.78, 5) is 14.9. The Hall–Kier alpha value is -2.64. The summed E-state index contributed by atoms with van der Waals surface area (Å²) in [5, 5.41) is 21.2. The van der Waals surface area contributed by atoms with E-state index in [9.17, 15) is 10.1 Å². The van der Waals surface area contributed by atoms with Crippen LogP contribution in [-0.4, -0.2) is 26.2 Å². The third-order valence-corrected chi connectivity index (χ3v) is 2.99. The second-order valence-electron chi connectivity index (χ2n) is 4.55. The maximum absolute atomic E-state index is 11.1. The van der Waals surface area contributed by atoms with E-state index in [2.05, 4.69) is 20.7 Å². The van der Waals surface area contributed by atoms with Crippen LogP contribution in [0.15, 0.2) is 24.4 Å². The van der Waals surface area contributed by atoms with E-state index in [1.54, 1.807) is 16.9 Å². The van der Waals surface area contributed by atoms with Crippen LogP contribution in [0.5, 0.6) is 0 Å². The first-order chi connectivity index (χ1) is 10.1. The molecule has 2 aromatic rings. The molecule has 0 saturated carbocycles. The Bertz CT molecular complexity index is 625. The van der Waals surface area contributed by atoms with E-state index in [-0.39, 0.29) is 11.5 Å². The van der Waals surface area contributed by atoms with Crippen molar-refractivity contribution in [2.45, 2.75) is 19.9 Å². The maximum atomic E-state index is 11.1. The molecule has 2 rings (SSSR count). The molecule has 21 heavy (non-hydrogen) atoms. The predicted molar refractivity (Wildman–Crippen MR) is 80.2 cm³/mol. The molecule has 0 unspecified atom stereocenters. The number of nitro groups is 1. The molecule has 2 N–H and O–H groups in total. The van der Waals surface area contributed by atoms with Gasteiger partial charge in [0.2, 0.25) is 5.82 Å². The molecule has 0 aromatic carbocycles. The predicted octanol–water partition coefficient (Wildman–Crippen LogP) is 2.16. The molecule has 0 radical (unpaired) electrons. The van der Waals surface area contributed by atoms with E-state index < -0.39 is 4.92 Å². The summed E-state index contributed by atoms with van der Waals surface area (Å²) in [5.74, 6) is 0.872. The topological polar surface area (TPSA) is 97.9 Å². The van der Waals surface area contributed by atoms with Crippen LogP contribution in [0.3, 0.4) is 0 Å². The number of rotatable bonds is 7. The van der Waals surface area contributed by atoms with Gasteiger partial charge in [-0.05, 0) is 18.6 Å². The van der Waals surface area contributed by atoms with E-state index in [1.165, 1.54) is 6.07 Å². The lowest BCUT2D eigenvalue weighted by molar-refractivity contribution is -0.384. The van der Waals surface area contributed by atoms with Gasteiger partial charge in [0.1, 0.15) is 5.82 Å². The molecule has 0 aliphatic rings. The zero-order valence-electron chi connectivity index (χ0n) is 12.0. The number of hydrogen-bond donors (Lipinski definition) is 2. The summed E-state index contributed by atoms with van der Waals surface area (Å²) < 4.78 is 1.71. The van der Waals surface area contributed by atoms with Crippen molar-refractivity contribution in [2.75, 3.05) is 17.2 Å². The van der Waals surface area contributed by atoms with Crippen LogP contribution in [0, 0.1) is 10.1 Å². The van der Waals surface area contributed by atoms with Crippen molar-refractivity contribution in [3.63, 3.8) is 0 Å². The van der Waals surface area contributed by atoms with Crippen LogP contribution in [0.4, 0.5) is 17.3 Å². The smallest absolute Gasteiger partial charge is 0.311 e. The largest absolute Gasteiger partial charge is 0.370 e. The van der Waals surface area contributed by atoms with E-state index in [0.717, 1.165) is 18.7 Å². The Morgan fingerprint density at radius 3 is 2.76 bits per heavy atom. The van der Waals surface area contributed by atoms with Crippen LogP contribution in [0.25, 0.3) is 0 Å². The number of nitrogens with zero attached hydrogens (tertiary/aromatic N) is 4. The standard InChI is InChI=1S/C13H18N6O2/c1-3-7-14-12-5-4-11(19(20)21)13(17-12)15-9-10-6-8-16-18(10)2/h4-6,8H,3,7,9H2,1-2H3,(H2,14,15,17). The zero-order valence-corrected chi connectivity index (χ0v) is 12.0. The van der Waals surface area contributed by atoms with Crippen molar-refractivity contribution < 1.29 is 4.92 Å². The minimum Gasteiger partial charge on any atom is -0.370 e. The molecule has 0 aliphatic carbocycles. The molecule has 0 bridgehead atoms. The van der Waals surface area contributed by atoms with Gasteiger partial charge >= 0.3 is 5.69 Å². The van der Waals surface area contributed by atoms with Crippen molar-refractivity contribution in [3.05, 3.63) is 40.2 Å². The molecule has 0 atom stereocenters. The van der Waals surface area contributed by atoms with E-state index >= 15 is 0 Å². The first kappa shape index (κ1) is 14.8. The lowest BCUT2D eigenvalue weighted by Crippen LogP contribution is -2.10. The molecule has 2 heterocycles. The Morgan fingerprint density at radius 2 is 2.14 bits per heavy atom. The summed E-state index contributed by atoms with van der Waals surface area (Å²) in [6.45, 7) is 3.23. The fraction of sp³-hybridized carbons (Fsp3) is 0.385. The molecule has 0 spiro atoms. The van der Waals surface area contributed by atoms with Crippen LogP contribution < -0.4 is 10.6 Å². The monoisotopic (exact) mass is 290 g/mol. The third kappa shape index (κ3) is 3.68. The normalized spacial score (nSPS) is 10.4. The summed E-state index contributed by atoms with van der Waals surface area (Å²) in [7, 11) is 1.82. The minimum absolute atomic E-state index is 0.0424. The summed E-state index contributed by atoms with van der Waals surface area (Å²) in [6, 6.07) is 4.91. The van der Waals surface area contributed by atoms with Gasteiger partial charge in [0, 0.05) is 25.9 Å². The van der Waals surface area contributed by atoms with E-state index in [4.69, 9.17) is 0 Å². The molecule has 8 heteroatoms. The average molecular weight is 290 g/mol. The number of hydrogen-bond acceptors (Lipinski definition) is 6. The summed E-state index contributed by atoms with van der Waals surface area (Å²) in [6.07, 6.45) is 2.63. The van der Waals surface area contributed by atoms with Gasteiger partial charge in [-0.1, -0.05) is 6.92 Å². The quantitative estimate of drug-likeness (QED) is 0.599. The third-order valence-electron chi connectivity index (χ3n) is 2.99. The minimum atomic E-state index is -0.442. The van der Waals surface area contributed by atoms with E-state index in [0.29, 0.717) is 12.4 Å². The fourth-order valence-corrected chi connectivity index (χ4v) is 1.83. The molecule has 2 aromatic heterocycles. The van der Waals surface area contributed by atoms with Crippen molar-refractivity contribution >= 4 is 17.3 Å². The van der Waals surface area contributed by atoms with Crippen molar-refractivity contribution in [3.8, 4) is 0 Å². The van der Waals surface area contributed by atoms with Crippen LogP contribution in [-0.2, 0) is 13.6 Å². The van der Waals surface area contributed by atoms with Crippen molar-refractivity contribution in [1.29, 1.82) is 0 Å². The molecule has 0 aliphatic heterocycles. The molecular formula is C13H18N6O2. The van der Waals surface area contributed by atoms with Gasteiger partial charge in [0.25, 0.3) is 0 Å². The fourth-order valence-electron chi connectivity index (χ4n) is 1.83. The van der Waals surface area contributed by atoms with Gasteiger partial charge in [-0.2, -0.15) is 5.10 Å². The molecular weight excluding hydrogens is 272 g/mol. The lowest BCUT2D eigenvalue weighted by atomic mass is 10.3. The highest BCUT2D eigenvalue weighted by Crippen LogP contribution is 2.24. The van der Waals surface area contributed by atoms with Gasteiger partial charge in [0.05, 0.1) is 17.2 Å². The SMILES string of the molecule is CCCNc1ccc([N+](=O)[O-])c(NCc2ccnn2C)n1. The van der Waals surface area contributed by atoms with Crippen molar-refractivity contribution in [2.24, 2.45) is 7.05 Å². The molecule has 0 amide bonds. The average Bonchev–Trinajstić information content (AvgIpc) is 2.88. The van der Waals surface area contributed by atoms with Crippen LogP contribution in [0.1, 0.15) is 19.0 Å². The van der Waals surface area contributed by atoms with Gasteiger partial charge in [-0.3, -0.25) is 14.8 Å². The van der Waals surface area contributed by atoms with E-state index in [1.807, 2.05) is 20.0 Å². The Labute approximate surface area is 122 Å². The number of anilines is 2. The van der Waals surface area contributed by atoms with Gasteiger partial charge in [0.15, 0.2) is 0 Å². The first-order valence-electron chi connectivity index (χ1n) is 6.72. The molecule has 0 fully saturated rings. The number of aryl methyl sites for hydroxylation is 1. The Morgan fingerprint density at radius 1 is 1.33 bits per heavy atom. The van der Waals surface area contributed by atoms with Gasteiger partial charge in [-0.15, -0.1) is 0 Å². The second-order valence-corrected chi connectivity index (χ2v) is 4.55. The highest BCUT2D eigenvalue weighted by Gasteiger charge is 2.16. The molecule has 0 saturated heterocycles.